The summed E-state index contributed by atoms with van der Waals surface area (Å²) in [5, 5.41) is 0. The quantitative estimate of drug-likeness (QED) is 0.273. The number of hydrogen-bond acceptors (Lipinski definition) is 3. The molecule has 0 spiro atoms. The number of nitrogens with zero attached hydrogens (tertiary/aromatic N) is 2. The molecule has 1 aliphatic rings. The number of hydrogen-bond donors (Lipinski definition) is 0. The van der Waals surface area contributed by atoms with Crippen molar-refractivity contribution >= 4 is 29.7 Å². The van der Waals surface area contributed by atoms with Gasteiger partial charge in [-0.05, 0) is 42.5 Å². The van der Waals surface area contributed by atoms with Crippen molar-refractivity contribution in [1.82, 2.24) is 4.90 Å². The summed E-state index contributed by atoms with van der Waals surface area (Å²) in [4.78, 5) is 30.2. The summed E-state index contributed by atoms with van der Waals surface area (Å²) < 4.78 is 0. The van der Waals surface area contributed by atoms with Gasteiger partial charge in [0.05, 0.1) is 6.57 Å². The fourth-order valence-corrected chi connectivity index (χ4v) is 3.89. The summed E-state index contributed by atoms with van der Waals surface area (Å²) in [6.45, 7) is 10.2. The molecule has 3 aromatic rings. The van der Waals surface area contributed by atoms with Gasteiger partial charge in [-0.1, -0.05) is 66.7 Å². The first-order valence-electron chi connectivity index (χ1n) is 10.9. The largest absolute Gasteiger partial charge is 0.295 e. The van der Waals surface area contributed by atoms with Crippen LogP contribution >= 0.6 is 12.4 Å². The van der Waals surface area contributed by atoms with Crippen LogP contribution in [0.5, 0.6) is 0 Å². The molecule has 0 N–H and O–H groups in total. The van der Waals surface area contributed by atoms with Crippen LogP contribution in [0.25, 0.3) is 4.85 Å². The Morgan fingerprint density at radius 2 is 1.52 bits per heavy atom. The zero-order chi connectivity index (χ0) is 22.5. The average Bonchev–Trinajstić information content (AvgIpc) is 3.65. The Morgan fingerprint density at radius 1 is 0.879 bits per heavy atom. The molecular formula is C28H27ClN2O2. The van der Waals surface area contributed by atoms with E-state index < -0.39 is 0 Å². The fraction of sp³-hybridized carbons (Fsp3) is 0.250. The van der Waals surface area contributed by atoms with E-state index in [1.807, 2.05) is 54.6 Å². The third kappa shape index (κ3) is 6.61. The number of ketones is 2. The maximum Gasteiger partial charge on any atom is 0.187 e. The van der Waals surface area contributed by atoms with Gasteiger partial charge in [0.2, 0.25) is 0 Å². The van der Waals surface area contributed by atoms with E-state index >= 15 is 0 Å². The van der Waals surface area contributed by atoms with Crippen molar-refractivity contribution < 1.29 is 9.59 Å². The second-order valence-electron chi connectivity index (χ2n) is 8.47. The van der Waals surface area contributed by atoms with Gasteiger partial charge >= 0.3 is 0 Å². The number of rotatable bonds is 9. The van der Waals surface area contributed by atoms with Crippen molar-refractivity contribution in [2.24, 2.45) is 0 Å². The SMILES string of the molecule is Cl.[C-]#[N+]c1ccc(CC(=O)c2cccc(CN(Cc3ccc(C(C)=O)cc3)C3CC3)c2)cc1. The summed E-state index contributed by atoms with van der Waals surface area (Å²) in [6.07, 6.45) is 2.73. The molecule has 1 aliphatic carbocycles. The molecule has 0 atom stereocenters. The van der Waals surface area contributed by atoms with Crippen LogP contribution in [0.3, 0.4) is 0 Å². The highest BCUT2D eigenvalue weighted by atomic mass is 35.5. The first-order valence-corrected chi connectivity index (χ1v) is 10.9. The lowest BCUT2D eigenvalue weighted by Gasteiger charge is -2.22. The maximum atomic E-state index is 12.8. The van der Waals surface area contributed by atoms with Crippen LogP contribution in [0.1, 0.15) is 57.2 Å². The average molecular weight is 459 g/mol. The van der Waals surface area contributed by atoms with Crippen LogP contribution in [0, 0.1) is 6.57 Å². The first-order chi connectivity index (χ1) is 15.5. The normalized spacial score (nSPS) is 12.6. The molecule has 0 heterocycles. The smallest absolute Gasteiger partial charge is 0.187 e. The molecule has 33 heavy (non-hydrogen) atoms. The maximum absolute atomic E-state index is 12.8. The van der Waals surface area contributed by atoms with Crippen LogP contribution in [-0.2, 0) is 19.5 Å². The Labute approximate surface area is 201 Å². The van der Waals surface area contributed by atoms with Crippen LogP contribution in [-0.4, -0.2) is 22.5 Å². The molecule has 5 heteroatoms. The van der Waals surface area contributed by atoms with E-state index in [-0.39, 0.29) is 24.0 Å². The molecule has 0 unspecified atom stereocenters. The minimum Gasteiger partial charge on any atom is -0.295 e. The Bertz CT molecular complexity index is 1160. The Kier molecular flexibility index (Phi) is 8.16. The molecular weight excluding hydrogens is 432 g/mol. The summed E-state index contributed by atoms with van der Waals surface area (Å²) in [5.41, 5.74) is 5.28. The molecule has 168 valence electrons. The first kappa shape index (κ1) is 24.4. The predicted octanol–water partition coefficient (Wildman–Crippen LogP) is 6.45. The Morgan fingerprint density at radius 3 is 2.12 bits per heavy atom. The van der Waals surface area contributed by atoms with E-state index in [2.05, 4.69) is 15.8 Å². The number of halogens is 1. The molecule has 0 aromatic heterocycles. The van der Waals surface area contributed by atoms with Gasteiger partial charge in [0.1, 0.15) is 0 Å². The standard InChI is InChI=1S/C28H26N2O2.ClH/c1-20(31)24-10-6-22(7-11-24)18-30(27-14-15-27)19-23-4-3-5-25(16-23)28(32)17-21-8-12-26(29-2)13-9-21;/h3-13,16,27H,14-15,17-19H2,1H3;1H. The zero-order valence-electron chi connectivity index (χ0n) is 18.7. The van der Waals surface area contributed by atoms with Crippen LogP contribution in [0.4, 0.5) is 5.69 Å². The molecule has 4 nitrogen and oxygen atoms in total. The molecule has 1 fully saturated rings. The lowest BCUT2D eigenvalue weighted by atomic mass is 10.0. The van der Waals surface area contributed by atoms with Gasteiger partial charge < -0.3 is 0 Å². The number of benzene rings is 3. The lowest BCUT2D eigenvalue weighted by Crippen LogP contribution is -2.25. The molecule has 0 saturated heterocycles. The van der Waals surface area contributed by atoms with E-state index in [9.17, 15) is 9.59 Å². The zero-order valence-corrected chi connectivity index (χ0v) is 19.5. The predicted molar refractivity (Wildman–Crippen MR) is 133 cm³/mol. The Hall–Kier alpha value is -3.26. The topological polar surface area (TPSA) is 41.7 Å². The van der Waals surface area contributed by atoms with E-state index in [4.69, 9.17) is 6.57 Å². The monoisotopic (exact) mass is 458 g/mol. The van der Waals surface area contributed by atoms with Crippen molar-refractivity contribution in [2.75, 3.05) is 0 Å². The second kappa shape index (κ2) is 11.0. The van der Waals surface area contributed by atoms with Gasteiger partial charge in [0, 0.05) is 36.7 Å². The van der Waals surface area contributed by atoms with E-state index in [0.717, 1.165) is 35.3 Å². The van der Waals surface area contributed by atoms with Crippen LogP contribution < -0.4 is 0 Å². The fourth-order valence-electron chi connectivity index (χ4n) is 3.89. The van der Waals surface area contributed by atoms with E-state index in [1.165, 1.54) is 18.4 Å². The highest BCUT2D eigenvalue weighted by Crippen LogP contribution is 2.30. The molecule has 0 radical (unpaired) electrons. The summed E-state index contributed by atoms with van der Waals surface area (Å²) in [7, 11) is 0. The lowest BCUT2D eigenvalue weighted by molar-refractivity contribution is 0.0990. The van der Waals surface area contributed by atoms with E-state index in [1.54, 1.807) is 19.1 Å². The second-order valence-corrected chi connectivity index (χ2v) is 8.47. The molecule has 0 amide bonds. The van der Waals surface area contributed by atoms with Crippen molar-refractivity contribution in [3.63, 3.8) is 0 Å². The molecule has 0 aliphatic heterocycles. The molecule has 3 aromatic carbocycles. The Balaban J connectivity index is 0.00000306. The third-order valence-corrected chi connectivity index (χ3v) is 5.87. The summed E-state index contributed by atoms with van der Waals surface area (Å²) >= 11 is 0. The van der Waals surface area contributed by atoms with Gasteiger partial charge in [-0.2, -0.15) is 0 Å². The van der Waals surface area contributed by atoms with Gasteiger partial charge in [0.25, 0.3) is 0 Å². The van der Waals surface area contributed by atoms with Crippen molar-refractivity contribution in [3.8, 4) is 0 Å². The van der Waals surface area contributed by atoms with Crippen molar-refractivity contribution in [2.45, 2.75) is 45.3 Å². The molecule has 0 bridgehead atoms. The molecule has 1 saturated carbocycles. The van der Waals surface area contributed by atoms with Gasteiger partial charge in [-0.15, -0.1) is 12.4 Å². The number of carbonyl (C=O) groups excluding carboxylic acids is 2. The van der Waals surface area contributed by atoms with Gasteiger partial charge in [-0.3, -0.25) is 14.5 Å². The summed E-state index contributed by atoms with van der Waals surface area (Å²) in [5.74, 6) is 0.166. The number of Topliss-reactive ketones (excluding diaryl/α,β-unsaturated/α-hetero) is 2. The highest BCUT2D eigenvalue weighted by Gasteiger charge is 2.29. The van der Waals surface area contributed by atoms with Crippen molar-refractivity contribution in [3.05, 3.63) is 112 Å². The molecule has 4 rings (SSSR count). The van der Waals surface area contributed by atoms with Crippen molar-refractivity contribution in [1.29, 1.82) is 0 Å². The van der Waals surface area contributed by atoms with Gasteiger partial charge in [-0.25, -0.2) is 4.85 Å². The minimum atomic E-state index is 0. The minimum absolute atomic E-state index is 0. The van der Waals surface area contributed by atoms with Crippen LogP contribution in [0.2, 0.25) is 0 Å². The summed E-state index contributed by atoms with van der Waals surface area (Å²) in [6, 6.07) is 23.5. The van der Waals surface area contributed by atoms with Gasteiger partial charge in [0.15, 0.2) is 17.3 Å². The van der Waals surface area contributed by atoms with E-state index in [0.29, 0.717) is 18.2 Å². The third-order valence-electron chi connectivity index (χ3n) is 5.87. The highest BCUT2D eigenvalue weighted by molar-refractivity contribution is 5.97. The van der Waals surface area contributed by atoms with Crippen LogP contribution in [0.15, 0.2) is 72.8 Å². The number of carbonyl (C=O) groups is 2.